The minimum absolute atomic E-state index is 0.297. The van der Waals surface area contributed by atoms with Crippen molar-refractivity contribution in [3.05, 3.63) is 67.4 Å². The second kappa shape index (κ2) is 4.81. The van der Waals surface area contributed by atoms with Crippen LogP contribution in [0.4, 0.5) is 0 Å². The summed E-state index contributed by atoms with van der Waals surface area (Å²) in [6.07, 6.45) is 0. The average molecular weight is 320 g/mol. The number of benzene rings is 2. The van der Waals surface area contributed by atoms with Crippen molar-refractivity contribution < 1.29 is 8.83 Å². The minimum atomic E-state index is -0.507. The molecule has 4 rings (SSSR count). The number of hydrogen-bond donors (Lipinski definition) is 0. The Morgan fingerprint density at radius 3 is 1.38 bits per heavy atom. The Morgan fingerprint density at radius 1 is 0.625 bits per heavy atom. The van der Waals surface area contributed by atoms with Gasteiger partial charge in [0.2, 0.25) is 0 Å². The second-order valence-electron chi connectivity index (χ2n) is 6.45. The van der Waals surface area contributed by atoms with Gasteiger partial charge in [-0.3, -0.25) is 0 Å². The standard InChI is InChI=1S/C20H16O4/c1-9-5-11(3)17-13(7-9)15-16(20(22)23-17)14-8-10(2)6-12(4)18(14)24-19(15)21/h5-8H,1-4H3. The highest BCUT2D eigenvalue weighted by Gasteiger charge is 2.18. The van der Waals surface area contributed by atoms with Crippen molar-refractivity contribution in [1.82, 2.24) is 0 Å². The van der Waals surface area contributed by atoms with Crippen LogP contribution in [-0.4, -0.2) is 0 Å². The average Bonchev–Trinajstić information content (AvgIpc) is 2.49. The molecule has 2 heterocycles. The lowest BCUT2D eigenvalue weighted by atomic mass is 10.00. The molecule has 4 aromatic rings. The molecule has 0 radical (unpaired) electrons. The zero-order valence-electron chi connectivity index (χ0n) is 13.9. The topological polar surface area (TPSA) is 60.4 Å². The molecule has 0 amide bonds. The van der Waals surface area contributed by atoms with Crippen molar-refractivity contribution in [2.45, 2.75) is 27.7 Å². The zero-order chi connectivity index (χ0) is 17.2. The van der Waals surface area contributed by atoms with Crippen molar-refractivity contribution in [3.63, 3.8) is 0 Å². The van der Waals surface area contributed by atoms with Gasteiger partial charge in [0, 0.05) is 10.8 Å². The highest BCUT2D eigenvalue weighted by atomic mass is 16.4. The van der Waals surface area contributed by atoms with E-state index in [9.17, 15) is 9.59 Å². The fraction of sp³-hybridized carbons (Fsp3) is 0.200. The number of rotatable bonds is 0. The second-order valence-corrected chi connectivity index (χ2v) is 6.45. The summed E-state index contributed by atoms with van der Waals surface area (Å²) < 4.78 is 11.1. The Balaban J connectivity index is 2.44. The molecular weight excluding hydrogens is 304 g/mol. The zero-order valence-corrected chi connectivity index (χ0v) is 13.9. The van der Waals surface area contributed by atoms with Crippen LogP contribution in [0.15, 0.2) is 42.7 Å². The molecule has 120 valence electrons. The summed E-state index contributed by atoms with van der Waals surface area (Å²) in [6.45, 7) is 7.61. The van der Waals surface area contributed by atoms with E-state index < -0.39 is 11.3 Å². The number of aryl methyl sites for hydroxylation is 4. The minimum Gasteiger partial charge on any atom is -0.422 e. The molecule has 0 unspecified atom stereocenters. The first-order chi connectivity index (χ1) is 11.4. The maximum atomic E-state index is 12.7. The van der Waals surface area contributed by atoms with Crippen LogP contribution in [0.1, 0.15) is 22.3 Å². The van der Waals surface area contributed by atoms with Gasteiger partial charge in [-0.05, 0) is 62.1 Å². The summed E-state index contributed by atoms with van der Waals surface area (Å²) in [7, 11) is 0. The van der Waals surface area contributed by atoms with Gasteiger partial charge in [-0.15, -0.1) is 0 Å². The van der Waals surface area contributed by atoms with E-state index in [1.165, 1.54) is 0 Å². The van der Waals surface area contributed by atoms with Gasteiger partial charge in [0.1, 0.15) is 11.2 Å². The highest BCUT2D eigenvalue weighted by molar-refractivity contribution is 6.14. The summed E-state index contributed by atoms with van der Waals surface area (Å²) in [5.41, 5.74) is 3.50. The van der Waals surface area contributed by atoms with Crippen molar-refractivity contribution in [2.24, 2.45) is 0 Å². The van der Waals surface area contributed by atoms with E-state index in [-0.39, 0.29) is 0 Å². The lowest BCUT2D eigenvalue weighted by Crippen LogP contribution is -2.10. The molecule has 24 heavy (non-hydrogen) atoms. The van der Waals surface area contributed by atoms with Crippen LogP contribution in [0.5, 0.6) is 0 Å². The molecule has 4 nitrogen and oxygen atoms in total. The lowest BCUT2D eigenvalue weighted by molar-refractivity contribution is 0.555. The predicted molar refractivity (Wildman–Crippen MR) is 95.0 cm³/mol. The molecule has 0 N–H and O–H groups in total. The molecule has 2 aromatic carbocycles. The van der Waals surface area contributed by atoms with E-state index in [0.717, 1.165) is 22.3 Å². The van der Waals surface area contributed by atoms with E-state index in [1.807, 2.05) is 52.0 Å². The van der Waals surface area contributed by atoms with E-state index in [0.29, 0.717) is 32.7 Å². The lowest BCUT2D eigenvalue weighted by Gasteiger charge is -2.09. The summed E-state index contributed by atoms with van der Waals surface area (Å²) in [5, 5.41) is 1.84. The van der Waals surface area contributed by atoms with Crippen LogP contribution in [-0.2, 0) is 0 Å². The fourth-order valence-corrected chi connectivity index (χ4v) is 3.53. The monoisotopic (exact) mass is 320 g/mol. The van der Waals surface area contributed by atoms with Gasteiger partial charge in [0.05, 0.1) is 10.8 Å². The molecule has 2 aromatic heterocycles. The van der Waals surface area contributed by atoms with Crippen LogP contribution >= 0.6 is 0 Å². The fourth-order valence-electron chi connectivity index (χ4n) is 3.53. The molecule has 0 bridgehead atoms. The first kappa shape index (κ1) is 14.7. The van der Waals surface area contributed by atoms with Gasteiger partial charge in [0.25, 0.3) is 0 Å². The van der Waals surface area contributed by atoms with Crippen molar-refractivity contribution in [3.8, 4) is 0 Å². The number of hydrogen-bond acceptors (Lipinski definition) is 4. The van der Waals surface area contributed by atoms with E-state index in [2.05, 4.69) is 0 Å². The van der Waals surface area contributed by atoms with Gasteiger partial charge in [-0.2, -0.15) is 0 Å². The Hall–Kier alpha value is -2.88. The SMILES string of the molecule is Cc1cc(C)c2oc(=O)c3c4cc(C)cc(C)c4oc(=O)c3c2c1. The molecule has 0 spiro atoms. The predicted octanol–water partition coefficient (Wildman–Crippen LogP) is 4.29. The van der Waals surface area contributed by atoms with E-state index in [1.54, 1.807) is 0 Å². The normalized spacial score (nSPS) is 11.7. The molecule has 0 saturated carbocycles. The van der Waals surface area contributed by atoms with E-state index >= 15 is 0 Å². The Labute approximate surface area is 137 Å². The van der Waals surface area contributed by atoms with Crippen LogP contribution in [0.2, 0.25) is 0 Å². The van der Waals surface area contributed by atoms with Crippen molar-refractivity contribution in [1.29, 1.82) is 0 Å². The molecule has 0 aliphatic heterocycles. The third-order valence-corrected chi connectivity index (χ3v) is 4.42. The molecule has 0 aliphatic rings. The molecular formula is C20H16O4. The van der Waals surface area contributed by atoms with Gasteiger partial charge in [0.15, 0.2) is 0 Å². The van der Waals surface area contributed by atoms with Crippen LogP contribution in [0, 0.1) is 27.7 Å². The first-order valence-electron chi connectivity index (χ1n) is 7.78. The largest absolute Gasteiger partial charge is 0.422 e. The van der Waals surface area contributed by atoms with E-state index in [4.69, 9.17) is 8.83 Å². The summed E-state index contributed by atoms with van der Waals surface area (Å²) in [6, 6.07) is 7.57. The quantitative estimate of drug-likeness (QED) is 0.358. The maximum absolute atomic E-state index is 12.7. The first-order valence-corrected chi connectivity index (χ1v) is 7.78. The molecule has 0 aliphatic carbocycles. The third-order valence-electron chi connectivity index (χ3n) is 4.42. The van der Waals surface area contributed by atoms with Gasteiger partial charge < -0.3 is 8.83 Å². The summed E-state index contributed by atoms with van der Waals surface area (Å²) >= 11 is 0. The van der Waals surface area contributed by atoms with Gasteiger partial charge in [-0.1, -0.05) is 12.1 Å². The van der Waals surface area contributed by atoms with Crippen molar-refractivity contribution in [2.75, 3.05) is 0 Å². The summed E-state index contributed by atoms with van der Waals surface area (Å²) in [5.74, 6) is 0. The smallest absolute Gasteiger partial charge is 0.345 e. The molecule has 0 saturated heterocycles. The third kappa shape index (κ3) is 1.92. The van der Waals surface area contributed by atoms with Crippen LogP contribution < -0.4 is 11.3 Å². The highest BCUT2D eigenvalue weighted by Crippen LogP contribution is 2.30. The van der Waals surface area contributed by atoms with Gasteiger partial charge in [-0.25, -0.2) is 9.59 Å². The van der Waals surface area contributed by atoms with Crippen LogP contribution in [0.25, 0.3) is 32.7 Å². The molecule has 0 atom stereocenters. The number of fused-ring (bicyclic) bond motifs is 5. The molecule has 4 heteroatoms. The summed E-state index contributed by atoms with van der Waals surface area (Å²) in [4.78, 5) is 25.3. The maximum Gasteiger partial charge on any atom is 0.345 e. The Bertz CT molecular complexity index is 1170. The Morgan fingerprint density at radius 2 is 1.00 bits per heavy atom. The van der Waals surface area contributed by atoms with Crippen LogP contribution in [0.3, 0.4) is 0 Å². The molecule has 0 fully saturated rings. The van der Waals surface area contributed by atoms with Gasteiger partial charge >= 0.3 is 11.3 Å². The Kier molecular flexibility index (Phi) is 2.94. The van der Waals surface area contributed by atoms with Crippen molar-refractivity contribution >= 4 is 32.7 Å².